The summed E-state index contributed by atoms with van der Waals surface area (Å²) in [6, 6.07) is 5.92. The van der Waals surface area contributed by atoms with E-state index < -0.39 is 17.7 Å². The first-order chi connectivity index (χ1) is 8.74. The number of nitrogens with one attached hydrogen (secondary N) is 1. The highest BCUT2D eigenvalue weighted by molar-refractivity contribution is 6.42. The molecular formula is C13H14Cl2N2O2. The first kappa shape index (κ1) is 15.6. The van der Waals surface area contributed by atoms with Crippen LogP contribution in [0.15, 0.2) is 18.2 Å². The SMILES string of the molecule is CC(C)(C)OC(=O)NC(C#N)c1cccc(Cl)c1Cl. The van der Waals surface area contributed by atoms with E-state index in [0.29, 0.717) is 10.6 Å². The van der Waals surface area contributed by atoms with E-state index in [4.69, 9.17) is 33.2 Å². The second-order valence-corrected chi connectivity index (χ2v) is 5.64. The van der Waals surface area contributed by atoms with Crippen molar-refractivity contribution in [1.82, 2.24) is 5.32 Å². The average molecular weight is 301 g/mol. The van der Waals surface area contributed by atoms with Gasteiger partial charge in [-0.15, -0.1) is 0 Å². The van der Waals surface area contributed by atoms with Crippen molar-refractivity contribution in [2.24, 2.45) is 0 Å². The first-order valence-corrected chi connectivity index (χ1v) is 6.33. The monoisotopic (exact) mass is 300 g/mol. The highest BCUT2D eigenvalue weighted by Crippen LogP contribution is 2.29. The molecule has 1 amide bonds. The van der Waals surface area contributed by atoms with Gasteiger partial charge in [0.15, 0.2) is 0 Å². The van der Waals surface area contributed by atoms with Gasteiger partial charge in [0.1, 0.15) is 11.6 Å². The van der Waals surface area contributed by atoms with Crippen LogP contribution in [0.4, 0.5) is 4.79 Å². The average Bonchev–Trinajstić information content (AvgIpc) is 2.27. The quantitative estimate of drug-likeness (QED) is 0.895. The number of halogens is 2. The fourth-order valence-electron chi connectivity index (χ4n) is 1.35. The van der Waals surface area contributed by atoms with E-state index in [1.54, 1.807) is 39.0 Å². The summed E-state index contributed by atoms with van der Waals surface area (Å²) in [6.45, 7) is 5.21. The molecule has 0 bridgehead atoms. The maximum Gasteiger partial charge on any atom is 0.408 e. The van der Waals surface area contributed by atoms with Crippen LogP contribution in [0, 0.1) is 11.3 Å². The number of ether oxygens (including phenoxy) is 1. The topological polar surface area (TPSA) is 62.1 Å². The Morgan fingerprint density at radius 3 is 2.58 bits per heavy atom. The third-order valence-corrected chi connectivity index (χ3v) is 2.92. The van der Waals surface area contributed by atoms with E-state index >= 15 is 0 Å². The zero-order chi connectivity index (χ0) is 14.6. The lowest BCUT2D eigenvalue weighted by Crippen LogP contribution is -2.34. The molecule has 0 spiro atoms. The molecule has 1 unspecified atom stereocenters. The Hall–Kier alpha value is -1.44. The van der Waals surface area contributed by atoms with Gasteiger partial charge in [0.05, 0.1) is 16.1 Å². The molecular weight excluding hydrogens is 287 g/mol. The van der Waals surface area contributed by atoms with Gasteiger partial charge in [0.2, 0.25) is 0 Å². The van der Waals surface area contributed by atoms with Crippen LogP contribution in [-0.2, 0) is 4.74 Å². The van der Waals surface area contributed by atoms with Crippen LogP contribution in [0.2, 0.25) is 10.0 Å². The summed E-state index contributed by atoms with van der Waals surface area (Å²) in [6.07, 6.45) is -0.685. The number of hydrogen-bond acceptors (Lipinski definition) is 3. The second-order valence-electron chi connectivity index (χ2n) is 4.85. The van der Waals surface area contributed by atoms with Gasteiger partial charge in [-0.2, -0.15) is 5.26 Å². The normalized spacial score (nSPS) is 12.4. The molecule has 0 aromatic heterocycles. The summed E-state index contributed by atoms with van der Waals surface area (Å²) in [5.74, 6) is 0. The number of rotatable bonds is 2. The van der Waals surface area contributed by atoms with Crippen molar-refractivity contribution >= 4 is 29.3 Å². The van der Waals surface area contributed by atoms with Crippen molar-refractivity contribution < 1.29 is 9.53 Å². The zero-order valence-corrected chi connectivity index (χ0v) is 12.3. The predicted octanol–water partition coefficient (Wildman–Crippen LogP) is 4.08. The van der Waals surface area contributed by atoms with Gasteiger partial charge >= 0.3 is 6.09 Å². The molecule has 1 aromatic carbocycles. The maximum atomic E-state index is 11.6. The molecule has 1 atom stereocenters. The number of hydrogen-bond donors (Lipinski definition) is 1. The highest BCUT2D eigenvalue weighted by Gasteiger charge is 2.22. The second kappa shape index (κ2) is 6.14. The third kappa shape index (κ3) is 4.62. The van der Waals surface area contributed by atoms with Crippen LogP contribution >= 0.6 is 23.2 Å². The Labute approximate surface area is 122 Å². The molecule has 102 valence electrons. The smallest absolute Gasteiger partial charge is 0.408 e. The van der Waals surface area contributed by atoms with Crippen LogP contribution in [0.25, 0.3) is 0 Å². The number of carbonyl (C=O) groups is 1. The fourth-order valence-corrected chi connectivity index (χ4v) is 1.77. The van der Waals surface area contributed by atoms with E-state index in [-0.39, 0.29) is 5.02 Å². The largest absolute Gasteiger partial charge is 0.444 e. The van der Waals surface area contributed by atoms with Gasteiger partial charge in [0.25, 0.3) is 0 Å². The Kier molecular flexibility index (Phi) is 5.04. The lowest BCUT2D eigenvalue weighted by Gasteiger charge is -2.21. The number of carbonyl (C=O) groups excluding carboxylic acids is 1. The van der Waals surface area contributed by atoms with Crippen LogP contribution in [-0.4, -0.2) is 11.7 Å². The van der Waals surface area contributed by atoms with Crippen LogP contribution in [0.1, 0.15) is 32.4 Å². The summed E-state index contributed by atoms with van der Waals surface area (Å²) >= 11 is 11.9. The molecule has 0 fully saturated rings. The summed E-state index contributed by atoms with van der Waals surface area (Å²) < 4.78 is 5.08. The van der Waals surface area contributed by atoms with E-state index in [1.807, 2.05) is 6.07 Å². The van der Waals surface area contributed by atoms with E-state index in [2.05, 4.69) is 5.32 Å². The molecule has 1 N–H and O–H groups in total. The summed E-state index contributed by atoms with van der Waals surface area (Å²) in [7, 11) is 0. The number of nitrogens with zero attached hydrogens (tertiary/aromatic N) is 1. The van der Waals surface area contributed by atoms with Gasteiger partial charge in [-0.1, -0.05) is 35.3 Å². The van der Waals surface area contributed by atoms with Crippen molar-refractivity contribution in [2.45, 2.75) is 32.4 Å². The number of alkyl carbamates (subject to hydrolysis) is 1. The van der Waals surface area contributed by atoms with Crippen molar-refractivity contribution in [2.75, 3.05) is 0 Å². The van der Waals surface area contributed by atoms with Crippen LogP contribution < -0.4 is 5.32 Å². The summed E-state index contributed by atoms with van der Waals surface area (Å²) in [5.41, 5.74) is -0.204. The molecule has 19 heavy (non-hydrogen) atoms. The molecule has 6 heteroatoms. The standard InChI is InChI=1S/C13H14Cl2N2O2/c1-13(2,3)19-12(18)17-10(7-16)8-5-4-6-9(14)11(8)15/h4-6,10H,1-3H3,(H,17,18). The molecule has 0 heterocycles. The molecule has 1 aromatic rings. The van der Waals surface area contributed by atoms with E-state index in [9.17, 15) is 4.79 Å². The van der Waals surface area contributed by atoms with Crippen molar-refractivity contribution in [3.05, 3.63) is 33.8 Å². The fraction of sp³-hybridized carbons (Fsp3) is 0.385. The molecule has 0 aliphatic rings. The lowest BCUT2D eigenvalue weighted by molar-refractivity contribution is 0.0515. The highest BCUT2D eigenvalue weighted by atomic mass is 35.5. The molecule has 0 saturated carbocycles. The minimum Gasteiger partial charge on any atom is -0.444 e. The third-order valence-electron chi connectivity index (χ3n) is 2.08. The Morgan fingerprint density at radius 1 is 1.42 bits per heavy atom. The predicted molar refractivity (Wildman–Crippen MR) is 74.2 cm³/mol. The van der Waals surface area contributed by atoms with Gasteiger partial charge in [-0.25, -0.2) is 4.79 Å². The minimum atomic E-state index is -0.916. The van der Waals surface area contributed by atoms with Gasteiger partial charge in [-0.3, -0.25) is 0 Å². The molecule has 0 aliphatic carbocycles. The Morgan fingerprint density at radius 2 is 2.05 bits per heavy atom. The lowest BCUT2D eigenvalue weighted by atomic mass is 10.1. The number of amides is 1. The zero-order valence-electron chi connectivity index (χ0n) is 10.8. The van der Waals surface area contributed by atoms with Crippen molar-refractivity contribution in [3.63, 3.8) is 0 Å². The first-order valence-electron chi connectivity index (χ1n) is 5.57. The summed E-state index contributed by atoms with van der Waals surface area (Å²) in [4.78, 5) is 11.6. The Balaban J connectivity index is 2.88. The minimum absolute atomic E-state index is 0.242. The number of benzene rings is 1. The van der Waals surface area contributed by atoms with E-state index in [0.717, 1.165) is 0 Å². The van der Waals surface area contributed by atoms with Crippen molar-refractivity contribution in [1.29, 1.82) is 5.26 Å². The Bertz CT molecular complexity index is 518. The maximum absolute atomic E-state index is 11.6. The van der Waals surface area contributed by atoms with Crippen molar-refractivity contribution in [3.8, 4) is 6.07 Å². The molecule has 0 saturated heterocycles. The number of nitriles is 1. The van der Waals surface area contributed by atoms with Gasteiger partial charge < -0.3 is 10.1 Å². The van der Waals surface area contributed by atoms with Gasteiger partial charge in [0, 0.05) is 5.56 Å². The summed E-state index contributed by atoms with van der Waals surface area (Å²) in [5, 5.41) is 12.1. The molecule has 4 nitrogen and oxygen atoms in total. The molecule has 0 radical (unpaired) electrons. The van der Waals surface area contributed by atoms with Crippen LogP contribution in [0.5, 0.6) is 0 Å². The van der Waals surface area contributed by atoms with Gasteiger partial charge in [-0.05, 0) is 26.8 Å². The molecule has 0 aliphatic heterocycles. The van der Waals surface area contributed by atoms with Crippen LogP contribution in [0.3, 0.4) is 0 Å². The van der Waals surface area contributed by atoms with E-state index in [1.165, 1.54) is 0 Å². The molecule has 1 rings (SSSR count).